The summed E-state index contributed by atoms with van der Waals surface area (Å²) in [6.07, 6.45) is 0. The van der Waals surface area contributed by atoms with E-state index in [2.05, 4.69) is 0 Å². The largest absolute Gasteiger partial charge is 0.289 e. The van der Waals surface area contributed by atoms with Crippen molar-refractivity contribution in [2.75, 3.05) is 0 Å². The van der Waals surface area contributed by atoms with Gasteiger partial charge in [0.15, 0.2) is 5.78 Å². The fraction of sp³-hybridized carbons (Fsp3) is 0.188. The van der Waals surface area contributed by atoms with Crippen molar-refractivity contribution in [3.05, 3.63) is 69.2 Å². The molecule has 0 aliphatic rings. The van der Waals surface area contributed by atoms with Crippen LogP contribution in [0.4, 0.5) is 0 Å². The van der Waals surface area contributed by atoms with Crippen LogP contribution in [0.5, 0.6) is 0 Å². The zero-order valence-electron chi connectivity index (χ0n) is 10.8. The SMILES string of the molecule is Cc1ccc(C(=O)c2cc(Cl)ccc2C)cc1C. The predicted octanol–water partition coefficient (Wildman–Crippen LogP) is 4.50. The molecule has 18 heavy (non-hydrogen) atoms. The smallest absolute Gasteiger partial charge is 0.193 e. The molecule has 0 unspecified atom stereocenters. The van der Waals surface area contributed by atoms with Gasteiger partial charge in [-0.15, -0.1) is 0 Å². The highest BCUT2D eigenvalue weighted by atomic mass is 35.5. The molecule has 2 aromatic carbocycles. The molecule has 0 atom stereocenters. The van der Waals surface area contributed by atoms with Gasteiger partial charge in [0.25, 0.3) is 0 Å². The highest BCUT2D eigenvalue weighted by Crippen LogP contribution is 2.20. The van der Waals surface area contributed by atoms with Crippen LogP contribution in [0.15, 0.2) is 36.4 Å². The third-order valence-corrected chi connectivity index (χ3v) is 3.45. The van der Waals surface area contributed by atoms with Gasteiger partial charge < -0.3 is 0 Å². The number of carbonyl (C=O) groups excluding carboxylic acids is 1. The maximum Gasteiger partial charge on any atom is 0.193 e. The molecule has 2 aromatic rings. The van der Waals surface area contributed by atoms with Crippen molar-refractivity contribution in [2.45, 2.75) is 20.8 Å². The van der Waals surface area contributed by atoms with Crippen LogP contribution in [0, 0.1) is 20.8 Å². The molecular formula is C16H15ClO. The van der Waals surface area contributed by atoms with Crippen LogP contribution in [0.1, 0.15) is 32.6 Å². The van der Waals surface area contributed by atoms with Gasteiger partial charge in [-0.1, -0.05) is 29.8 Å². The summed E-state index contributed by atoms with van der Waals surface area (Å²) in [6.45, 7) is 5.97. The number of carbonyl (C=O) groups is 1. The summed E-state index contributed by atoms with van der Waals surface area (Å²) in [5.41, 5.74) is 4.65. The first-order valence-corrected chi connectivity index (χ1v) is 6.25. The summed E-state index contributed by atoms with van der Waals surface area (Å²) in [5.74, 6) is 0.0260. The second-order valence-corrected chi connectivity index (χ2v) is 5.02. The van der Waals surface area contributed by atoms with E-state index in [9.17, 15) is 4.79 Å². The fourth-order valence-corrected chi connectivity index (χ4v) is 2.05. The monoisotopic (exact) mass is 258 g/mol. The number of benzene rings is 2. The Morgan fingerprint density at radius 3 is 2.22 bits per heavy atom. The quantitative estimate of drug-likeness (QED) is 0.725. The van der Waals surface area contributed by atoms with E-state index in [4.69, 9.17) is 11.6 Å². The summed E-state index contributed by atoms with van der Waals surface area (Å²) in [6, 6.07) is 11.2. The minimum absolute atomic E-state index is 0.0260. The normalized spacial score (nSPS) is 10.4. The number of aryl methyl sites for hydroxylation is 3. The first-order valence-electron chi connectivity index (χ1n) is 5.87. The number of hydrogen-bond acceptors (Lipinski definition) is 1. The third kappa shape index (κ3) is 2.46. The van der Waals surface area contributed by atoms with Crippen molar-refractivity contribution in [2.24, 2.45) is 0 Å². The van der Waals surface area contributed by atoms with Crippen LogP contribution in [0.2, 0.25) is 5.02 Å². The third-order valence-electron chi connectivity index (χ3n) is 3.21. The second-order valence-electron chi connectivity index (χ2n) is 4.59. The predicted molar refractivity (Wildman–Crippen MR) is 75.5 cm³/mol. The lowest BCUT2D eigenvalue weighted by Crippen LogP contribution is -2.04. The van der Waals surface area contributed by atoms with E-state index in [0.717, 1.165) is 11.1 Å². The Hall–Kier alpha value is -1.60. The van der Waals surface area contributed by atoms with Gasteiger partial charge in [-0.3, -0.25) is 4.79 Å². The molecule has 0 saturated heterocycles. The molecule has 0 N–H and O–H groups in total. The number of rotatable bonds is 2. The van der Waals surface area contributed by atoms with Gasteiger partial charge in [-0.25, -0.2) is 0 Å². The number of hydrogen-bond donors (Lipinski definition) is 0. The maximum absolute atomic E-state index is 12.4. The van der Waals surface area contributed by atoms with Crippen LogP contribution >= 0.6 is 11.6 Å². The van der Waals surface area contributed by atoms with Gasteiger partial charge in [0.05, 0.1) is 0 Å². The van der Waals surface area contributed by atoms with Gasteiger partial charge >= 0.3 is 0 Å². The molecule has 1 nitrogen and oxygen atoms in total. The maximum atomic E-state index is 12.4. The van der Waals surface area contributed by atoms with Crippen molar-refractivity contribution in [1.82, 2.24) is 0 Å². The van der Waals surface area contributed by atoms with Gasteiger partial charge in [0.1, 0.15) is 0 Å². The molecule has 2 heteroatoms. The topological polar surface area (TPSA) is 17.1 Å². The van der Waals surface area contributed by atoms with Crippen LogP contribution in [-0.4, -0.2) is 5.78 Å². The Morgan fingerprint density at radius 1 is 0.889 bits per heavy atom. The average molecular weight is 259 g/mol. The lowest BCUT2D eigenvalue weighted by atomic mass is 9.97. The van der Waals surface area contributed by atoms with Crippen LogP contribution in [0.25, 0.3) is 0 Å². The molecular weight excluding hydrogens is 244 g/mol. The first-order chi connectivity index (χ1) is 8.49. The zero-order valence-corrected chi connectivity index (χ0v) is 11.5. The highest BCUT2D eigenvalue weighted by Gasteiger charge is 2.12. The molecule has 0 amide bonds. The second kappa shape index (κ2) is 4.95. The summed E-state index contributed by atoms with van der Waals surface area (Å²) in [7, 11) is 0. The molecule has 0 aromatic heterocycles. The molecule has 2 rings (SSSR count). The molecule has 0 aliphatic heterocycles. The van der Waals surface area contributed by atoms with Gasteiger partial charge in [-0.05, 0) is 55.7 Å². The Kier molecular flexibility index (Phi) is 3.53. The summed E-state index contributed by atoms with van der Waals surface area (Å²) in [4.78, 5) is 12.4. The van der Waals surface area contributed by atoms with Gasteiger partial charge in [0.2, 0.25) is 0 Å². The fourth-order valence-electron chi connectivity index (χ4n) is 1.88. The van der Waals surface area contributed by atoms with Crippen molar-refractivity contribution >= 4 is 17.4 Å². The summed E-state index contributed by atoms with van der Waals surface area (Å²) < 4.78 is 0. The van der Waals surface area contributed by atoms with Gasteiger partial charge in [0, 0.05) is 16.1 Å². The molecule has 0 radical (unpaired) electrons. The van der Waals surface area contributed by atoms with Gasteiger partial charge in [-0.2, -0.15) is 0 Å². The van der Waals surface area contributed by atoms with E-state index < -0.39 is 0 Å². The van der Waals surface area contributed by atoms with Crippen molar-refractivity contribution in [3.8, 4) is 0 Å². The van der Waals surface area contributed by atoms with E-state index in [1.54, 1.807) is 12.1 Å². The van der Waals surface area contributed by atoms with Crippen LogP contribution in [0.3, 0.4) is 0 Å². The summed E-state index contributed by atoms with van der Waals surface area (Å²) in [5, 5.41) is 0.591. The average Bonchev–Trinajstić information content (AvgIpc) is 2.35. The minimum atomic E-state index is 0.0260. The molecule has 0 bridgehead atoms. The molecule has 0 fully saturated rings. The van der Waals surface area contributed by atoms with E-state index in [1.165, 1.54) is 5.56 Å². The van der Waals surface area contributed by atoms with Crippen molar-refractivity contribution in [3.63, 3.8) is 0 Å². The minimum Gasteiger partial charge on any atom is -0.289 e. The number of halogens is 1. The Balaban J connectivity index is 2.47. The lowest BCUT2D eigenvalue weighted by Gasteiger charge is -2.07. The molecule has 92 valence electrons. The van der Waals surface area contributed by atoms with E-state index in [1.807, 2.05) is 45.0 Å². The van der Waals surface area contributed by atoms with E-state index >= 15 is 0 Å². The lowest BCUT2D eigenvalue weighted by molar-refractivity contribution is 0.103. The van der Waals surface area contributed by atoms with E-state index in [-0.39, 0.29) is 5.78 Å². The molecule has 0 aliphatic carbocycles. The van der Waals surface area contributed by atoms with E-state index in [0.29, 0.717) is 16.1 Å². The highest BCUT2D eigenvalue weighted by molar-refractivity contribution is 6.31. The Morgan fingerprint density at radius 2 is 1.56 bits per heavy atom. The molecule has 0 heterocycles. The van der Waals surface area contributed by atoms with Crippen LogP contribution in [-0.2, 0) is 0 Å². The Labute approximate surface area is 112 Å². The molecule has 0 spiro atoms. The van der Waals surface area contributed by atoms with Crippen LogP contribution < -0.4 is 0 Å². The van der Waals surface area contributed by atoms with Crippen molar-refractivity contribution in [1.29, 1.82) is 0 Å². The zero-order chi connectivity index (χ0) is 13.3. The standard InChI is InChI=1S/C16H15ClO/c1-10-4-6-13(8-12(10)3)16(18)15-9-14(17)7-5-11(15)2/h4-9H,1-3H3. The summed E-state index contributed by atoms with van der Waals surface area (Å²) >= 11 is 5.95. The number of ketones is 1. The Bertz CT molecular complexity index is 614. The van der Waals surface area contributed by atoms with Crippen molar-refractivity contribution < 1.29 is 4.79 Å². The molecule has 0 saturated carbocycles. The first kappa shape index (κ1) is 12.8.